The Bertz CT molecular complexity index is 1560. The van der Waals surface area contributed by atoms with Crippen LogP contribution in [-0.2, 0) is 27.7 Å². The minimum Gasteiger partial charge on any atom is -0.350 e. The Kier molecular flexibility index (Phi) is 6.54. The van der Waals surface area contributed by atoms with Crippen molar-refractivity contribution in [1.82, 2.24) is 14.9 Å². The summed E-state index contributed by atoms with van der Waals surface area (Å²) in [6.07, 6.45) is 1.20. The van der Waals surface area contributed by atoms with E-state index >= 15 is 0 Å². The molecule has 4 rings (SSSR count). The van der Waals surface area contributed by atoms with Crippen LogP contribution in [0.5, 0.6) is 0 Å². The van der Waals surface area contributed by atoms with Gasteiger partial charge >= 0.3 is 0 Å². The molecule has 7 nitrogen and oxygen atoms in total. The second-order valence-electron chi connectivity index (χ2n) is 7.96. The van der Waals surface area contributed by atoms with E-state index in [0.29, 0.717) is 10.7 Å². The number of aryl methyl sites for hydroxylation is 2. The van der Waals surface area contributed by atoms with Crippen molar-refractivity contribution in [3.63, 3.8) is 0 Å². The van der Waals surface area contributed by atoms with E-state index in [4.69, 9.17) is 11.6 Å². The van der Waals surface area contributed by atoms with Crippen LogP contribution in [0.4, 0.5) is 0 Å². The van der Waals surface area contributed by atoms with Crippen LogP contribution >= 0.6 is 11.6 Å². The van der Waals surface area contributed by atoms with Gasteiger partial charge in [0.05, 0.1) is 10.3 Å². The molecule has 0 fully saturated rings. The quantitative estimate of drug-likeness (QED) is 0.438. The lowest BCUT2D eigenvalue weighted by Crippen LogP contribution is -2.29. The number of hydrogen-bond donors (Lipinski definition) is 1. The molecule has 0 atom stereocenters. The van der Waals surface area contributed by atoms with Gasteiger partial charge < -0.3 is 9.88 Å². The summed E-state index contributed by atoms with van der Waals surface area (Å²) in [5, 5.41) is 3.43. The Hall–Kier alpha value is -3.49. The van der Waals surface area contributed by atoms with E-state index < -0.39 is 20.2 Å². The van der Waals surface area contributed by atoms with Gasteiger partial charge in [0.15, 0.2) is 0 Å². The Morgan fingerprint density at radius 3 is 2.44 bits per heavy atom. The lowest BCUT2D eigenvalue weighted by Gasteiger charge is -2.14. The van der Waals surface area contributed by atoms with E-state index in [0.717, 1.165) is 11.1 Å². The lowest BCUT2D eigenvalue weighted by molar-refractivity contribution is -0.121. The van der Waals surface area contributed by atoms with E-state index in [1.165, 1.54) is 29.0 Å². The van der Waals surface area contributed by atoms with Crippen LogP contribution in [0.25, 0.3) is 11.0 Å². The Morgan fingerprint density at radius 1 is 1.03 bits per heavy atom. The molecule has 1 amide bonds. The van der Waals surface area contributed by atoms with E-state index in [2.05, 4.69) is 10.3 Å². The van der Waals surface area contributed by atoms with Crippen LogP contribution in [0.3, 0.4) is 0 Å². The molecule has 2 aromatic carbocycles. The van der Waals surface area contributed by atoms with Crippen LogP contribution in [0.1, 0.15) is 16.8 Å². The molecule has 0 spiro atoms. The summed E-state index contributed by atoms with van der Waals surface area (Å²) < 4.78 is 28.0. The fraction of sp³-hybridized carbons (Fsp3) is 0.160. The molecule has 0 saturated carbocycles. The van der Waals surface area contributed by atoms with E-state index in [9.17, 15) is 18.0 Å². The molecule has 0 bridgehead atoms. The van der Waals surface area contributed by atoms with Crippen LogP contribution in [0, 0.1) is 13.8 Å². The van der Waals surface area contributed by atoms with Crippen LogP contribution in [0.2, 0.25) is 5.02 Å². The van der Waals surface area contributed by atoms with Crippen molar-refractivity contribution in [2.75, 3.05) is 0 Å². The number of pyridine rings is 2. The second-order valence-corrected chi connectivity index (χ2v) is 10.3. The standard InChI is InChI=1S/C25H22ClN3O4S/c1-16-7-10-19(11-8-16)34(32,33)22-14-29(25-20(24(22)31)12-9-17(2)28-25)15-23(30)27-13-18-5-3-4-6-21(18)26/h3-12,14H,13,15H2,1-2H3,(H,27,30). The van der Waals surface area contributed by atoms with Gasteiger partial charge in [0.2, 0.25) is 21.2 Å². The molecule has 2 heterocycles. The minimum atomic E-state index is -4.12. The normalized spacial score (nSPS) is 11.5. The highest BCUT2D eigenvalue weighted by Crippen LogP contribution is 2.21. The average molecular weight is 496 g/mol. The predicted octanol–water partition coefficient (Wildman–Crippen LogP) is 3.82. The predicted molar refractivity (Wildman–Crippen MR) is 131 cm³/mol. The molecule has 0 radical (unpaired) electrons. The summed E-state index contributed by atoms with van der Waals surface area (Å²) in [5.41, 5.74) is 1.85. The molecular formula is C25H22ClN3O4S. The van der Waals surface area contributed by atoms with Crippen molar-refractivity contribution in [2.24, 2.45) is 0 Å². The number of hydrogen-bond acceptors (Lipinski definition) is 5. The van der Waals surface area contributed by atoms with Gasteiger partial charge in [0.25, 0.3) is 0 Å². The third-order valence-electron chi connectivity index (χ3n) is 5.40. The largest absolute Gasteiger partial charge is 0.350 e. The highest BCUT2D eigenvalue weighted by molar-refractivity contribution is 7.91. The zero-order valence-electron chi connectivity index (χ0n) is 18.6. The first kappa shape index (κ1) is 23.7. The second kappa shape index (κ2) is 9.40. The maximum Gasteiger partial charge on any atom is 0.240 e. The fourth-order valence-corrected chi connectivity index (χ4v) is 5.11. The first-order chi connectivity index (χ1) is 16.2. The summed E-state index contributed by atoms with van der Waals surface area (Å²) in [7, 11) is -4.12. The number of fused-ring (bicyclic) bond motifs is 1. The van der Waals surface area contributed by atoms with Gasteiger partial charge in [-0.2, -0.15) is 0 Å². The zero-order valence-corrected chi connectivity index (χ0v) is 20.2. The topological polar surface area (TPSA) is 98.1 Å². The maximum atomic E-state index is 13.3. The number of rotatable bonds is 6. The highest BCUT2D eigenvalue weighted by atomic mass is 35.5. The van der Waals surface area contributed by atoms with Gasteiger partial charge in [-0.1, -0.05) is 47.5 Å². The molecule has 174 valence electrons. The van der Waals surface area contributed by atoms with Crippen molar-refractivity contribution in [2.45, 2.75) is 36.7 Å². The van der Waals surface area contributed by atoms with Gasteiger partial charge in [0.1, 0.15) is 17.1 Å². The van der Waals surface area contributed by atoms with Gasteiger partial charge in [0, 0.05) is 23.5 Å². The molecule has 0 aliphatic rings. The van der Waals surface area contributed by atoms with Gasteiger partial charge in [-0.3, -0.25) is 9.59 Å². The van der Waals surface area contributed by atoms with Crippen LogP contribution in [0.15, 0.2) is 81.4 Å². The first-order valence-electron chi connectivity index (χ1n) is 10.5. The molecule has 34 heavy (non-hydrogen) atoms. The number of halogens is 1. The van der Waals surface area contributed by atoms with Gasteiger partial charge in [-0.25, -0.2) is 13.4 Å². The van der Waals surface area contributed by atoms with Crippen LogP contribution < -0.4 is 10.7 Å². The number of amides is 1. The van der Waals surface area contributed by atoms with Crippen molar-refractivity contribution in [1.29, 1.82) is 0 Å². The highest BCUT2D eigenvalue weighted by Gasteiger charge is 2.24. The third-order valence-corrected chi connectivity index (χ3v) is 7.53. The average Bonchev–Trinajstić information content (AvgIpc) is 2.80. The summed E-state index contributed by atoms with van der Waals surface area (Å²) in [5.74, 6) is -0.383. The molecule has 1 N–H and O–H groups in total. The molecule has 0 aliphatic carbocycles. The SMILES string of the molecule is Cc1ccc(S(=O)(=O)c2cn(CC(=O)NCc3ccccc3Cl)c3nc(C)ccc3c2=O)cc1. The molecule has 4 aromatic rings. The number of carbonyl (C=O) groups is 1. The van der Waals surface area contributed by atoms with E-state index in [1.807, 2.05) is 13.0 Å². The number of nitrogens with zero attached hydrogens (tertiary/aromatic N) is 2. The van der Waals surface area contributed by atoms with Crippen molar-refractivity contribution >= 4 is 38.4 Å². The summed E-state index contributed by atoms with van der Waals surface area (Å²) in [4.78, 5) is 29.9. The summed E-state index contributed by atoms with van der Waals surface area (Å²) in [6.45, 7) is 3.57. The minimum absolute atomic E-state index is 0.00402. The fourth-order valence-electron chi connectivity index (χ4n) is 3.54. The van der Waals surface area contributed by atoms with Gasteiger partial charge in [-0.05, 0) is 49.7 Å². The molecule has 0 unspecified atom stereocenters. The maximum absolute atomic E-state index is 13.3. The Morgan fingerprint density at radius 2 is 1.74 bits per heavy atom. The zero-order chi connectivity index (χ0) is 24.5. The first-order valence-corrected chi connectivity index (χ1v) is 12.4. The molecule has 0 aliphatic heterocycles. The third kappa shape index (κ3) is 4.73. The van der Waals surface area contributed by atoms with Crippen LogP contribution in [-0.4, -0.2) is 23.9 Å². The summed E-state index contributed by atoms with van der Waals surface area (Å²) >= 11 is 6.15. The lowest BCUT2D eigenvalue weighted by atomic mass is 10.2. The van der Waals surface area contributed by atoms with E-state index in [1.54, 1.807) is 43.3 Å². The summed E-state index contributed by atoms with van der Waals surface area (Å²) in [6, 6.07) is 16.6. The van der Waals surface area contributed by atoms with Gasteiger partial charge in [-0.15, -0.1) is 0 Å². The number of carbonyl (C=O) groups excluding carboxylic acids is 1. The van der Waals surface area contributed by atoms with Crippen molar-refractivity contribution in [3.8, 4) is 0 Å². The molecule has 0 saturated heterocycles. The molecule has 2 aromatic heterocycles. The molecular weight excluding hydrogens is 474 g/mol. The number of sulfone groups is 1. The van der Waals surface area contributed by atoms with Crippen molar-refractivity contribution in [3.05, 3.63) is 98.9 Å². The smallest absolute Gasteiger partial charge is 0.240 e. The monoisotopic (exact) mass is 495 g/mol. The number of nitrogens with one attached hydrogen (secondary N) is 1. The number of benzene rings is 2. The van der Waals surface area contributed by atoms with Crippen molar-refractivity contribution < 1.29 is 13.2 Å². The van der Waals surface area contributed by atoms with E-state index in [-0.39, 0.29) is 34.9 Å². The molecule has 9 heteroatoms. The number of aromatic nitrogens is 2. The Labute approximate surface area is 202 Å². The Balaban J connectivity index is 1.75.